The predicted molar refractivity (Wildman–Crippen MR) is 99.2 cm³/mol. The maximum absolute atomic E-state index is 10.5. The largest absolute Gasteiger partial charge is 0.345 e. The summed E-state index contributed by atoms with van der Waals surface area (Å²) in [7, 11) is 4.05. The lowest BCUT2D eigenvalue weighted by molar-refractivity contribution is -0.119. The summed E-state index contributed by atoms with van der Waals surface area (Å²) >= 11 is 0. The number of hydrogen-bond donors (Lipinski definition) is 0. The zero-order valence-corrected chi connectivity index (χ0v) is 16.6. The van der Waals surface area contributed by atoms with Gasteiger partial charge in [0.1, 0.15) is 0 Å². The molecule has 0 aromatic carbocycles. The molecule has 1 saturated carbocycles. The van der Waals surface area contributed by atoms with Crippen LogP contribution < -0.4 is 0 Å². The van der Waals surface area contributed by atoms with Crippen LogP contribution in [0.1, 0.15) is 73.6 Å². The first-order valence-corrected chi connectivity index (χ1v) is 9.30. The van der Waals surface area contributed by atoms with Gasteiger partial charge in [-0.05, 0) is 57.7 Å². The molecule has 1 aliphatic rings. The van der Waals surface area contributed by atoms with Crippen molar-refractivity contribution >= 4 is 6.41 Å². The van der Waals surface area contributed by atoms with Crippen molar-refractivity contribution < 1.29 is 4.79 Å². The van der Waals surface area contributed by atoms with Gasteiger partial charge in [-0.2, -0.15) is 0 Å². The second-order valence-corrected chi connectivity index (χ2v) is 6.59. The number of unbranched alkanes of at least 4 members (excludes halogenated alkanes) is 1. The van der Waals surface area contributed by atoms with Crippen molar-refractivity contribution in [1.29, 1.82) is 0 Å². The Labute approximate surface area is 140 Å². The Kier molecular flexibility index (Phi) is 16.5. The van der Waals surface area contributed by atoms with E-state index in [9.17, 15) is 4.79 Å². The van der Waals surface area contributed by atoms with Crippen molar-refractivity contribution in [2.24, 2.45) is 11.8 Å². The molecule has 1 fully saturated rings. The van der Waals surface area contributed by atoms with E-state index in [4.69, 9.17) is 0 Å². The highest BCUT2D eigenvalue weighted by Crippen LogP contribution is 2.30. The molecule has 0 bridgehead atoms. The summed E-state index contributed by atoms with van der Waals surface area (Å²) in [6.07, 6.45) is 7.28. The smallest absolute Gasteiger partial charge is 0.209 e. The van der Waals surface area contributed by atoms with Crippen LogP contribution in [-0.2, 0) is 4.79 Å². The average Bonchev–Trinajstić information content (AvgIpc) is 2.53. The molecule has 1 rings (SSSR count). The van der Waals surface area contributed by atoms with Gasteiger partial charge in [-0.3, -0.25) is 4.79 Å². The van der Waals surface area contributed by atoms with Crippen molar-refractivity contribution in [1.82, 2.24) is 9.80 Å². The maximum atomic E-state index is 10.5. The number of rotatable bonds is 6. The zero-order chi connectivity index (χ0) is 17.5. The molecule has 2 atom stereocenters. The normalized spacial score (nSPS) is 23.8. The van der Waals surface area contributed by atoms with E-state index in [-0.39, 0.29) is 0 Å². The predicted octanol–water partition coefficient (Wildman–Crippen LogP) is 4.66. The maximum Gasteiger partial charge on any atom is 0.209 e. The lowest BCUT2D eigenvalue weighted by atomic mass is 9.80. The van der Waals surface area contributed by atoms with Crippen LogP contribution >= 0.6 is 0 Å². The molecule has 0 aromatic rings. The molecule has 0 N–H and O–H groups in total. The topological polar surface area (TPSA) is 23.6 Å². The Morgan fingerprint density at radius 1 is 1.00 bits per heavy atom. The van der Waals surface area contributed by atoms with Crippen molar-refractivity contribution in [2.75, 3.05) is 27.2 Å². The molecule has 3 nitrogen and oxygen atoms in total. The highest BCUT2D eigenvalue weighted by Gasteiger charge is 2.25. The first-order valence-electron chi connectivity index (χ1n) is 9.30. The highest BCUT2D eigenvalue weighted by atomic mass is 16.1. The van der Waals surface area contributed by atoms with Crippen LogP contribution in [0.4, 0.5) is 0 Å². The molecule has 0 aromatic heterocycles. The van der Waals surface area contributed by atoms with Gasteiger partial charge in [-0.15, -0.1) is 0 Å². The molecule has 134 valence electrons. The van der Waals surface area contributed by atoms with E-state index < -0.39 is 0 Å². The monoisotopic (exact) mass is 314 g/mol. The van der Waals surface area contributed by atoms with Crippen molar-refractivity contribution in [2.45, 2.75) is 79.7 Å². The van der Waals surface area contributed by atoms with Gasteiger partial charge in [0.15, 0.2) is 0 Å². The van der Waals surface area contributed by atoms with Crippen LogP contribution in [0.2, 0.25) is 0 Å². The van der Waals surface area contributed by atoms with E-state index in [1.165, 1.54) is 45.2 Å². The molecule has 1 amide bonds. The van der Waals surface area contributed by atoms with Gasteiger partial charge in [-0.1, -0.05) is 48.0 Å². The molecule has 0 spiro atoms. The van der Waals surface area contributed by atoms with E-state index in [0.717, 1.165) is 18.2 Å². The van der Waals surface area contributed by atoms with E-state index in [1.54, 1.807) is 0 Å². The molecule has 0 radical (unpaired) electrons. The summed E-state index contributed by atoms with van der Waals surface area (Å²) in [4.78, 5) is 14.7. The Bertz CT molecular complexity index is 236. The van der Waals surface area contributed by atoms with Crippen LogP contribution in [0.5, 0.6) is 0 Å². The number of amides is 1. The summed E-state index contributed by atoms with van der Waals surface area (Å²) in [6, 6.07) is 0.487. The fourth-order valence-electron chi connectivity index (χ4n) is 2.91. The van der Waals surface area contributed by atoms with Gasteiger partial charge in [0.25, 0.3) is 0 Å². The average molecular weight is 315 g/mol. The van der Waals surface area contributed by atoms with Crippen LogP contribution in [0, 0.1) is 11.8 Å². The van der Waals surface area contributed by atoms with E-state index in [0.29, 0.717) is 6.04 Å². The summed E-state index contributed by atoms with van der Waals surface area (Å²) in [6.45, 7) is 15.4. The van der Waals surface area contributed by atoms with Gasteiger partial charge < -0.3 is 9.80 Å². The Balaban J connectivity index is 0. The van der Waals surface area contributed by atoms with Crippen LogP contribution in [-0.4, -0.2) is 49.4 Å². The zero-order valence-electron chi connectivity index (χ0n) is 16.6. The van der Waals surface area contributed by atoms with Crippen molar-refractivity contribution in [3.8, 4) is 0 Å². The molecule has 2 unspecified atom stereocenters. The number of nitrogens with zero attached hydrogens (tertiary/aromatic N) is 2. The lowest BCUT2D eigenvalue weighted by Gasteiger charge is -2.35. The number of carbonyl (C=O) groups is 1. The molecule has 0 heterocycles. The lowest BCUT2D eigenvalue weighted by Crippen LogP contribution is -2.37. The third-order valence-corrected chi connectivity index (χ3v) is 4.33. The molecule has 3 heteroatoms. The first-order chi connectivity index (χ1) is 10.4. The Morgan fingerprint density at radius 3 is 1.86 bits per heavy atom. The molecule has 0 saturated heterocycles. The summed E-state index contributed by atoms with van der Waals surface area (Å²) in [5.41, 5.74) is 0. The van der Waals surface area contributed by atoms with Crippen LogP contribution in [0.3, 0.4) is 0 Å². The molecule has 0 aliphatic heterocycles. The Hall–Kier alpha value is -0.570. The van der Waals surface area contributed by atoms with E-state index in [1.807, 2.05) is 25.8 Å². The quantitative estimate of drug-likeness (QED) is 0.665. The van der Waals surface area contributed by atoms with Crippen LogP contribution in [0.15, 0.2) is 0 Å². The van der Waals surface area contributed by atoms with Gasteiger partial charge in [0, 0.05) is 13.1 Å². The van der Waals surface area contributed by atoms with Crippen molar-refractivity contribution in [3.63, 3.8) is 0 Å². The summed E-state index contributed by atoms with van der Waals surface area (Å²) in [5.74, 6) is 1.56. The van der Waals surface area contributed by atoms with Gasteiger partial charge >= 0.3 is 0 Å². The van der Waals surface area contributed by atoms with Gasteiger partial charge in [0.2, 0.25) is 6.41 Å². The minimum Gasteiger partial charge on any atom is -0.345 e. The molecular weight excluding hydrogens is 272 g/mol. The fraction of sp³-hybridized carbons (Fsp3) is 0.947. The summed E-state index contributed by atoms with van der Waals surface area (Å²) < 4.78 is 0. The third-order valence-electron chi connectivity index (χ3n) is 4.33. The van der Waals surface area contributed by atoms with Gasteiger partial charge in [-0.25, -0.2) is 0 Å². The van der Waals surface area contributed by atoms with E-state index in [2.05, 4.69) is 39.6 Å². The molecular formula is C19H42N2O. The fourth-order valence-corrected chi connectivity index (χ4v) is 2.91. The third kappa shape index (κ3) is 12.0. The minimum absolute atomic E-state index is 0.487. The SMILES string of the molecule is CC.CC1CC(C)CC(N(C)C=O)C1.CCCCN(C)CC. The second kappa shape index (κ2) is 15.3. The molecule has 1 aliphatic carbocycles. The first kappa shape index (κ1) is 23.7. The summed E-state index contributed by atoms with van der Waals surface area (Å²) in [5, 5.41) is 0. The highest BCUT2D eigenvalue weighted by molar-refractivity contribution is 5.47. The Morgan fingerprint density at radius 2 is 1.50 bits per heavy atom. The number of hydrogen-bond acceptors (Lipinski definition) is 2. The minimum atomic E-state index is 0.487. The van der Waals surface area contributed by atoms with E-state index >= 15 is 0 Å². The number of carbonyl (C=O) groups excluding carboxylic acids is 1. The van der Waals surface area contributed by atoms with Crippen molar-refractivity contribution in [3.05, 3.63) is 0 Å². The molecule has 22 heavy (non-hydrogen) atoms. The van der Waals surface area contributed by atoms with Crippen LogP contribution in [0.25, 0.3) is 0 Å². The van der Waals surface area contributed by atoms with Gasteiger partial charge in [0.05, 0.1) is 0 Å². The standard InChI is InChI=1S/C10H19NO.C7H17N.C2H6/c1-8-4-9(2)6-10(5-8)11(3)7-12;1-4-6-7-8(3)5-2;1-2/h7-10H,4-6H2,1-3H3;4-7H2,1-3H3;1-2H3. The second-order valence-electron chi connectivity index (χ2n) is 6.59.